The molecule has 0 unspecified atom stereocenters. The lowest BCUT2D eigenvalue weighted by atomic mass is 10.1. The van der Waals surface area contributed by atoms with E-state index in [0.29, 0.717) is 29.1 Å². The third kappa shape index (κ3) is 3.60. The highest BCUT2D eigenvalue weighted by Crippen LogP contribution is 2.27. The summed E-state index contributed by atoms with van der Waals surface area (Å²) in [4.78, 5) is 4.24. The van der Waals surface area contributed by atoms with Gasteiger partial charge < -0.3 is 4.42 Å². The Hall–Kier alpha value is -3.11. The minimum absolute atomic E-state index is 0.115. The summed E-state index contributed by atoms with van der Waals surface area (Å²) >= 11 is 0. The van der Waals surface area contributed by atoms with Crippen LogP contribution >= 0.6 is 0 Å². The molecule has 0 amide bonds. The molecule has 3 rings (SSSR count). The molecule has 0 aliphatic carbocycles. The second-order valence-electron chi connectivity index (χ2n) is 5.75. The molecule has 6 nitrogen and oxygen atoms in total. The molecule has 0 spiro atoms. The first-order valence-electron chi connectivity index (χ1n) is 8.01. The number of pyridine rings is 1. The molecule has 3 aromatic rings. The Morgan fingerprint density at radius 3 is 2.62 bits per heavy atom. The van der Waals surface area contributed by atoms with Gasteiger partial charge in [0.1, 0.15) is 11.8 Å². The Bertz CT molecular complexity index is 1080. The number of anilines is 1. The highest BCUT2D eigenvalue weighted by atomic mass is 32.2. The van der Waals surface area contributed by atoms with Crippen molar-refractivity contribution in [2.75, 3.05) is 4.72 Å². The lowest BCUT2D eigenvalue weighted by Gasteiger charge is -2.11. The summed E-state index contributed by atoms with van der Waals surface area (Å²) in [6.07, 6.45) is 2.10. The van der Waals surface area contributed by atoms with Crippen molar-refractivity contribution >= 4 is 15.7 Å². The lowest BCUT2D eigenvalue weighted by molar-refractivity contribution is 0.419. The molecule has 132 valence electrons. The Morgan fingerprint density at radius 1 is 1.19 bits per heavy atom. The maximum absolute atomic E-state index is 12.6. The number of nitrogens with zero attached hydrogens (tertiary/aromatic N) is 2. The predicted octanol–water partition coefficient (Wildman–Crippen LogP) is 3.88. The van der Waals surface area contributed by atoms with E-state index < -0.39 is 10.0 Å². The van der Waals surface area contributed by atoms with Crippen LogP contribution in [0.3, 0.4) is 0 Å². The maximum Gasteiger partial charge on any atom is 0.295 e. The third-order valence-electron chi connectivity index (χ3n) is 3.92. The normalized spacial score (nSPS) is 11.1. The number of aromatic nitrogens is 1. The molecule has 1 N–H and O–H groups in total. The van der Waals surface area contributed by atoms with Gasteiger partial charge >= 0.3 is 0 Å². The first kappa shape index (κ1) is 17.7. The molecule has 0 radical (unpaired) electrons. The summed E-state index contributed by atoms with van der Waals surface area (Å²) in [5.41, 5.74) is 3.07. The second-order valence-corrected chi connectivity index (χ2v) is 7.37. The van der Waals surface area contributed by atoms with Gasteiger partial charge in [-0.3, -0.25) is 9.71 Å². The van der Waals surface area contributed by atoms with E-state index in [9.17, 15) is 8.42 Å². The number of sulfonamides is 1. The Balaban J connectivity index is 1.93. The SMILES string of the molecule is CCc1ccc(S(=O)(=O)Nc2cc(-c3ccc(C#N)cn3)ccc2C)o1. The van der Waals surface area contributed by atoms with Gasteiger partial charge in [-0.1, -0.05) is 19.1 Å². The molecule has 2 heterocycles. The van der Waals surface area contributed by atoms with Crippen LogP contribution in [-0.2, 0) is 16.4 Å². The molecule has 0 saturated carbocycles. The van der Waals surface area contributed by atoms with Crippen molar-refractivity contribution < 1.29 is 12.8 Å². The molecule has 0 saturated heterocycles. The average Bonchev–Trinajstić information content (AvgIpc) is 3.14. The number of furan rings is 1. The number of rotatable bonds is 5. The highest BCUT2D eigenvalue weighted by molar-refractivity contribution is 7.92. The van der Waals surface area contributed by atoms with E-state index in [4.69, 9.17) is 9.68 Å². The van der Waals surface area contributed by atoms with Crippen molar-refractivity contribution in [1.82, 2.24) is 4.98 Å². The smallest absolute Gasteiger partial charge is 0.295 e. The maximum atomic E-state index is 12.6. The van der Waals surface area contributed by atoms with Gasteiger partial charge in [0.05, 0.1) is 16.9 Å². The van der Waals surface area contributed by atoms with Crippen LogP contribution in [0.15, 0.2) is 58.2 Å². The summed E-state index contributed by atoms with van der Waals surface area (Å²) in [6.45, 7) is 3.70. The van der Waals surface area contributed by atoms with Gasteiger partial charge in [0.25, 0.3) is 10.0 Å². The monoisotopic (exact) mass is 367 g/mol. The molecule has 1 aromatic carbocycles. The number of nitriles is 1. The van der Waals surface area contributed by atoms with Crippen LogP contribution in [0, 0.1) is 18.3 Å². The first-order chi connectivity index (χ1) is 12.4. The highest BCUT2D eigenvalue weighted by Gasteiger charge is 2.20. The van der Waals surface area contributed by atoms with E-state index in [0.717, 1.165) is 11.1 Å². The van der Waals surface area contributed by atoms with Crippen molar-refractivity contribution in [2.45, 2.75) is 25.4 Å². The summed E-state index contributed by atoms with van der Waals surface area (Å²) in [5.74, 6) is 0.609. The van der Waals surface area contributed by atoms with E-state index in [1.807, 2.05) is 32.0 Å². The van der Waals surface area contributed by atoms with Gasteiger partial charge in [0.2, 0.25) is 5.09 Å². The van der Waals surface area contributed by atoms with Crippen LogP contribution < -0.4 is 4.72 Å². The number of nitrogens with one attached hydrogen (secondary N) is 1. The summed E-state index contributed by atoms with van der Waals surface area (Å²) in [6, 6.07) is 13.9. The van der Waals surface area contributed by atoms with Crippen molar-refractivity contribution in [1.29, 1.82) is 5.26 Å². The van der Waals surface area contributed by atoms with Crippen LogP contribution in [0.25, 0.3) is 11.3 Å². The fourth-order valence-corrected chi connectivity index (χ4v) is 3.48. The van der Waals surface area contributed by atoms with E-state index in [-0.39, 0.29) is 5.09 Å². The summed E-state index contributed by atoms with van der Waals surface area (Å²) in [5, 5.41) is 8.74. The first-order valence-corrected chi connectivity index (χ1v) is 9.50. The van der Waals surface area contributed by atoms with E-state index >= 15 is 0 Å². The van der Waals surface area contributed by atoms with Crippen LogP contribution in [0.4, 0.5) is 5.69 Å². The van der Waals surface area contributed by atoms with Gasteiger partial charge in [0.15, 0.2) is 0 Å². The van der Waals surface area contributed by atoms with Crippen molar-refractivity contribution in [2.24, 2.45) is 0 Å². The molecular weight excluding hydrogens is 350 g/mol. The van der Waals surface area contributed by atoms with E-state index in [1.54, 1.807) is 24.3 Å². The molecular formula is C19H17N3O3S. The van der Waals surface area contributed by atoms with Crippen LogP contribution in [0.2, 0.25) is 0 Å². The fourth-order valence-electron chi connectivity index (χ4n) is 2.41. The Kier molecular flexibility index (Phi) is 4.78. The van der Waals surface area contributed by atoms with Crippen LogP contribution in [-0.4, -0.2) is 13.4 Å². The van der Waals surface area contributed by atoms with Gasteiger partial charge in [-0.15, -0.1) is 0 Å². The van der Waals surface area contributed by atoms with Gasteiger partial charge in [-0.05, 0) is 42.8 Å². The molecule has 0 fully saturated rings. The number of hydrogen-bond acceptors (Lipinski definition) is 5. The molecule has 0 aliphatic heterocycles. The average molecular weight is 367 g/mol. The van der Waals surface area contributed by atoms with Crippen molar-refractivity contribution in [3.63, 3.8) is 0 Å². The molecule has 7 heteroatoms. The molecule has 0 bridgehead atoms. The Labute approximate surface area is 152 Å². The number of hydrogen-bond donors (Lipinski definition) is 1. The largest absolute Gasteiger partial charge is 0.448 e. The topological polar surface area (TPSA) is 96.0 Å². The molecule has 26 heavy (non-hydrogen) atoms. The van der Waals surface area contributed by atoms with Gasteiger partial charge in [0, 0.05) is 18.2 Å². The number of benzene rings is 1. The molecule has 0 aliphatic rings. The lowest BCUT2D eigenvalue weighted by Crippen LogP contribution is -2.13. The molecule has 0 atom stereocenters. The number of aryl methyl sites for hydroxylation is 2. The molecule has 2 aromatic heterocycles. The minimum Gasteiger partial charge on any atom is -0.448 e. The van der Waals surface area contributed by atoms with Crippen LogP contribution in [0.5, 0.6) is 0 Å². The van der Waals surface area contributed by atoms with Crippen molar-refractivity contribution in [3.8, 4) is 17.3 Å². The predicted molar refractivity (Wildman–Crippen MR) is 98.0 cm³/mol. The second kappa shape index (κ2) is 7.02. The third-order valence-corrected chi connectivity index (χ3v) is 5.16. The quantitative estimate of drug-likeness (QED) is 0.738. The van der Waals surface area contributed by atoms with Gasteiger partial charge in [-0.2, -0.15) is 13.7 Å². The van der Waals surface area contributed by atoms with Gasteiger partial charge in [-0.25, -0.2) is 0 Å². The zero-order valence-corrected chi connectivity index (χ0v) is 15.2. The minimum atomic E-state index is -3.81. The van der Waals surface area contributed by atoms with Crippen molar-refractivity contribution in [3.05, 3.63) is 65.5 Å². The Morgan fingerprint density at radius 2 is 2.00 bits per heavy atom. The summed E-state index contributed by atoms with van der Waals surface area (Å²) in [7, 11) is -3.81. The zero-order chi connectivity index (χ0) is 18.7. The van der Waals surface area contributed by atoms with Crippen LogP contribution in [0.1, 0.15) is 23.8 Å². The summed E-state index contributed by atoms with van der Waals surface area (Å²) < 4.78 is 33.0. The fraction of sp³-hybridized carbons (Fsp3) is 0.158. The zero-order valence-electron chi connectivity index (χ0n) is 14.4. The standard InChI is InChI=1S/C19H17N3O3S/c1-3-16-7-9-19(25-16)26(23,24)22-18-10-15(6-4-13(18)2)17-8-5-14(11-20)12-21-17/h4-10,12,22H,3H2,1-2H3. The van der Waals surface area contributed by atoms with E-state index in [1.165, 1.54) is 12.3 Å². The van der Waals surface area contributed by atoms with E-state index in [2.05, 4.69) is 9.71 Å².